The molecule has 8 heteroatoms. The molecule has 0 saturated carbocycles. The van der Waals surface area contributed by atoms with Gasteiger partial charge in [0.15, 0.2) is 0 Å². The van der Waals surface area contributed by atoms with Gasteiger partial charge in [-0.2, -0.15) is 0 Å². The number of nitrogens with one attached hydrogen (secondary N) is 2. The van der Waals surface area contributed by atoms with Crippen LogP contribution in [0.2, 0.25) is 5.02 Å². The first-order valence-electron chi connectivity index (χ1n) is 9.28. The minimum atomic E-state index is -3.74. The molecule has 0 unspecified atom stereocenters. The van der Waals surface area contributed by atoms with Crippen LogP contribution in [0.4, 0.5) is 11.4 Å². The quantitative estimate of drug-likeness (QED) is 0.458. The van der Waals surface area contributed by atoms with Crippen molar-refractivity contribution < 1.29 is 17.9 Å². The Bertz CT molecular complexity index is 1070. The van der Waals surface area contributed by atoms with Gasteiger partial charge in [-0.05, 0) is 67.1 Å². The molecule has 0 aliphatic heterocycles. The number of halogens is 1. The van der Waals surface area contributed by atoms with E-state index in [1.807, 2.05) is 30.3 Å². The molecule has 156 valence electrons. The van der Waals surface area contributed by atoms with E-state index in [1.54, 1.807) is 36.4 Å². The van der Waals surface area contributed by atoms with Gasteiger partial charge in [0.1, 0.15) is 5.75 Å². The number of amides is 1. The zero-order chi connectivity index (χ0) is 21.4. The first-order chi connectivity index (χ1) is 14.4. The third-order valence-corrected chi connectivity index (χ3v) is 5.75. The number of carbonyl (C=O) groups excluding carboxylic acids is 1. The van der Waals surface area contributed by atoms with Gasteiger partial charge in [0.05, 0.1) is 11.5 Å². The SMILES string of the molecule is O=C(CCCOc1ccccc1)Nc1ccc(S(=O)(=O)Nc2ccc(Cl)cc2)cc1. The van der Waals surface area contributed by atoms with Gasteiger partial charge >= 0.3 is 0 Å². The molecule has 0 aromatic heterocycles. The number of benzene rings is 3. The van der Waals surface area contributed by atoms with Crippen molar-refractivity contribution in [2.45, 2.75) is 17.7 Å². The Kier molecular flexibility index (Phi) is 7.32. The highest BCUT2D eigenvalue weighted by atomic mass is 35.5. The van der Waals surface area contributed by atoms with Gasteiger partial charge in [-0.1, -0.05) is 29.8 Å². The minimum absolute atomic E-state index is 0.0895. The molecule has 2 N–H and O–H groups in total. The van der Waals surface area contributed by atoms with E-state index in [1.165, 1.54) is 12.1 Å². The molecule has 0 aliphatic rings. The Labute approximate surface area is 180 Å². The average Bonchev–Trinajstić information content (AvgIpc) is 2.74. The number of carbonyl (C=O) groups is 1. The van der Waals surface area contributed by atoms with Gasteiger partial charge in [0, 0.05) is 22.8 Å². The standard InChI is InChI=1S/C22H21ClN2O4S/c23-17-8-10-19(11-9-17)25-30(27,28)21-14-12-18(13-15-21)24-22(26)7-4-16-29-20-5-2-1-3-6-20/h1-3,5-6,8-15,25H,4,7,16H2,(H,24,26). The summed E-state index contributed by atoms with van der Waals surface area (Å²) in [7, 11) is -3.74. The largest absolute Gasteiger partial charge is 0.494 e. The van der Waals surface area contributed by atoms with Gasteiger partial charge in [-0.25, -0.2) is 8.42 Å². The summed E-state index contributed by atoms with van der Waals surface area (Å²) in [6, 6.07) is 21.7. The lowest BCUT2D eigenvalue weighted by atomic mass is 10.2. The highest BCUT2D eigenvalue weighted by Crippen LogP contribution is 2.20. The molecular weight excluding hydrogens is 424 g/mol. The molecule has 3 aromatic rings. The Balaban J connectivity index is 1.48. The Morgan fingerprint density at radius 3 is 2.17 bits per heavy atom. The van der Waals surface area contributed by atoms with Crippen molar-refractivity contribution in [1.82, 2.24) is 0 Å². The van der Waals surface area contributed by atoms with Crippen molar-refractivity contribution >= 4 is 38.9 Å². The molecule has 0 heterocycles. The van der Waals surface area contributed by atoms with Crippen molar-refractivity contribution in [1.29, 1.82) is 0 Å². The lowest BCUT2D eigenvalue weighted by Crippen LogP contribution is -2.14. The highest BCUT2D eigenvalue weighted by Gasteiger charge is 2.14. The third kappa shape index (κ3) is 6.50. The minimum Gasteiger partial charge on any atom is -0.494 e. The molecule has 30 heavy (non-hydrogen) atoms. The van der Waals surface area contributed by atoms with Gasteiger partial charge in [0.2, 0.25) is 5.91 Å². The zero-order valence-corrected chi connectivity index (χ0v) is 17.6. The van der Waals surface area contributed by atoms with Gasteiger partial charge in [-0.15, -0.1) is 0 Å². The van der Waals surface area contributed by atoms with E-state index in [0.29, 0.717) is 35.8 Å². The number of anilines is 2. The second-order valence-electron chi connectivity index (χ2n) is 6.45. The Morgan fingerprint density at radius 1 is 0.867 bits per heavy atom. The van der Waals surface area contributed by atoms with Crippen LogP contribution < -0.4 is 14.8 Å². The molecule has 0 bridgehead atoms. The van der Waals surface area contributed by atoms with E-state index in [9.17, 15) is 13.2 Å². The molecule has 0 radical (unpaired) electrons. The summed E-state index contributed by atoms with van der Waals surface area (Å²) in [5, 5.41) is 3.27. The molecule has 0 fully saturated rings. The van der Waals surface area contributed by atoms with Crippen LogP contribution in [0.1, 0.15) is 12.8 Å². The molecule has 1 amide bonds. The summed E-state index contributed by atoms with van der Waals surface area (Å²) in [6.07, 6.45) is 0.864. The zero-order valence-electron chi connectivity index (χ0n) is 16.0. The molecule has 0 spiro atoms. The van der Waals surface area contributed by atoms with Crippen LogP contribution in [0.15, 0.2) is 83.8 Å². The number of hydrogen-bond donors (Lipinski definition) is 2. The van der Waals surface area contributed by atoms with E-state index >= 15 is 0 Å². The van der Waals surface area contributed by atoms with Crippen LogP contribution >= 0.6 is 11.6 Å². The van der Waals surface area contributed by atoms with Crippen molar-refractivity contribution in [2.24, 2.45) is 0 Å². The first kappa shape index (κ1) is 21.7. The van der Waals surface area contributed by atoms with Crippen molar-refractivity contribution in [3.63, 3.8) is 0 Å². The molecular formula is C22H21ClN2O4S. The summed E-state index contributed by atoms with van der Waals surface area (Å²) in [4.78, 5) is 12.2. The normalized spacial score (nSPS) is 11.0. The fourth-order valence-corrected chi connectivity index (χ4v) is 3.80. The predicted octanol–water partition coefficient (Wildman–Crippen LogP) is 4.94. The van der Waals surface area contributed by atoms with Gasteiger partial charge < -0.3 is 10.1 Å². The Morgan fingerprint density at radius 2 is 1.50 bits per heavy atom. The number of rotatable bonds is 9. The number of para-hydroxylation sites is 1. The van der Waals surface area contributed by atoms with Crippen LogP contribution in [0.25, 0.3) is 0 Å². The topological polar surface area (TPSA) is 84.5 Å². The lowest BCUT2D eigenvalue weighted by molar-refractivity contribution is -0.116. The van der Waals surface area contributed by atoms with E-state index in [0.717, 1.165) is 5.75 Å². The molecule has 0 saturated heterocycles. The predicted molar refractivity (Wildman–Crippen MR) is 119 cm³/mol. The van der Waals surface area contributed by atoms with E-state index in [4.69, 9.17) is 16.3 Å². The third-order valence-electron chi connectivity index (χ3n) is 4.10. The molecule has 3 rings (SSSR count). The number of ether oxygens (including phenoxy) is 1. The fourth-order valence-electron chi connectivity index (χ4n) is 2.61. The maximum Gasteiger partial charge on any atom is 0.261 e. The monoisotopic (exact) mass is 444 g/mol. The van der Waals surface area contributed by atoms with Crippen LogP contribution in [-0.4, -0.2) is 20.9 Å². The summed E-state index contributed by atoms with van der Waals surface area (Å²) in [6.45, 7) is 0.435. The average molecular weight is 445 g/mol. The van der Waals surface area contributed by atoms with Crippen molar-refractivity contribution in [3.8, 4) is 5.75 Å². The fraction of sp³-hybridized carbons (Fsp3) is 0.136. The van der Waals surface area contributed by atoms with Crippen molar-refractivity contribution in [2.75, 3.05) is 16.6 Å². The van der Waals surface area contributed by atoms with E-state index < -0.39 is 10.0 Å². The van der Waals surface area contributed by atoms with Crippen LogP contribution in [-0.2, 0) is 14.8 Å². The summed E-state index contributed by atoms with van der Waals surface area (Å²) < 4.78 is 33.0. The molecule has 0 aliphatic carbocycles. The maximum absolute atomic E-state index is 12.5. The Hall–Kier alpha value is -3.03. The van der Waals surface area contributed by atoms with Crippen LogP contribution in [0.3, 0.4) is 0 Å². The summed E-state index contributed by atoms with van der Waals surface area (Å²) in [5.41, 5.74) is 0.934. The van der Waals surface area contributed by atoms with Crippen LogP contribution in [0, 0.1) is 0 Å². The van der Waals surface area contributed by atoms with E-state index in [2.05, 4.69) is 10.0 Å². The van der Waals surface area contributed by atoms with Gasteiger partial charge in [0.25, 0.3) is 10.0 Å². The maximum atomic E-state index is 12.5. The molecule has 3 aromatic carbocycles. The first-order valence-corrected chi connectivity index (χ1v) is 11.1. The summed E-state index contributed by atoms with van der Waals surface area (Å²) >= 11 is 5.81. The molecule has 6 nitrogen and oxygen atoms in total. The lowest BCUT2D eigenvalue weighted by Gasteiger charge is -2.10. The highest BCUT2D eigenvalue weighted by molar-refractivity contribution is 7.92. The molecule has 0 atom stereocenters. The van der Waals surface area contributed by atoms with Crippen LogP contribution in [0.5, 0.6) is 5.75 Å². The smallest absolute Gasteiger partial charge is 0.261 e. The number of hydrogen-bond acceptors (Lipinski definition) is 4. The second kappa shape index (κ2) is 10.1. The van der Waals surface area contributed by atoms with Gasteiger partial charge in [-0.3, -0.25) is 9.52 Å². The number of sulfonamides is 1. The van der Waals surface area contributed by atoms with Crippen molar-refractivity contribution in [3.05, 3.63) is 83.9 Å². The van der Waals surface area contributed by atoms with E-state index in [-0.39, 0.29) is 10.8 Å². The summed E-state index contributed by atoms with van der Waals surface area (Å²) in [5.74, 6) is 0.600. The second-order valence-corrected chi connectivity index (χ2v) is 8.57.